The molecule has 24 heavy (non-hydrogen) atoms. The largest absolute Gasteiger partial charge is 0.336 e. The molecular weight excluding hydrogens is 326 g/mol. The van der Waals surface area contributed by atoms with Crippen LogP contribution in [0, 0.1) is 11.3 Å². The Balaban J connectivity index is 1.70. The van der Waals surface area contributed by atoms with Crippen molar-refractivity contribution in [3.05, 3.63) is 64.2 Å². The van der Waals surface area contributed by atoms with Gasteiger partial charge in [-0.05, 0) is 23.3 Å². The van der Waals surface area contributed by atoms with E-state index in [9.17, 15) is 14.9 Å². The molecule has 5 nitrogen and oxygen atoms in total. The zero-order valence-corrected chi connectivity index (χ0v) is 13.4. The van der Waals surface area contributed by atoms with Crippen LogP contribution in [0.5, 0.6) is 0 Å². The Labute approximate surface area is 144 Å². The van der Waals surface area contributed by atoms with E-state index in [1.807, 2.05) is 18.2 Å². The number of benzene rings is 2. The van der Waals surface area contributed by atoms with Gasteiger partial charge in [-0.1, -0.05) is 41.9 Å². The van der Waals surface area contributed by atoms with Crippen LogP contribution in [0.4, 0.5) is 5.69 Å². The number of hydrogen-bond donors (Lipinski definition) is 2. The lowest BCUT2D eigenvalue weighted by atomic mass is 10.1. The first-order valence-electron chi connectivity index (χ1n) is 7.42. The van der Waals surface area contributed by atoms with Gasteiger partial charge in [0.15, 0.2) is 0 Å². The summed E-state index contributed by atoms with van der Waals surface area (Å²) in [5.41, 5.74) is 3.00. The summed E-state index contributed by atoms with van der Waals surface area (Å²) in [6.45, 7) is 0. The Kier molecular flexibility index (Phi) is 4.50. The summed E-state index contributed by atoms with van der Waals surface area (Å²) in [6, 6.07) is 13.6. The van der Waals surface area contributed by atoms with Crippen molar-refractivity contribution in [3.8, 4) is 6.07 Å². The second-order valence-electron chi connectivity index (χ2n) is 5.54. The van der Waals surface area contributed by atoms with E-state index in [2.05, 4.69) is 10.6 Å². The monoisotopic (exact) mass is 339 g/mol. The van der Waals surface area contributed by atoms with Crippen molar-refractivity contribution in [1.82, 2.24) is 5.32 Å². The highest BCUT2D eigenvalue weighted by Crippen LogP contribution is 2.25. The third kappa shape index (κ3) is 3.39. The molecule has 2 aromatic carbocycles. The van der Waals surface area contributed by atoms with Gasteiger partial charge in [0.1, 0.15) is 6.04 Å². The minimum absolute atomic E-state index is 0.0464. The molecule has 2 N–H and O–H groups in total. The van der Waals surface area contributed by atoms with Crippen LogP contribution < -0.4 is 10.6 Å². The van der Waals surface area contributed by atoms with Gasteiger partial charge in [-0.25, -0.2) is 0 Å². The van der Waals surface area contributed by atoms with E-state index in [0.717, 1.165) is 16.8 Å². The molecule has 0 saturated heterocycles. The summed E-state index contributed by atoms with van der Waals surface area (Å²) < 4.78 is 0. The molecule has 0 spiro atoms. The number of carbonyl (C=O) groups excluding carboxylic acids is 2. The van der Waals surface area contributed by atoms with E-state index in [1.165, 1.54) is 0 Å². The molecule has 6 heteroatoms. The third-order valence-corrected chi connectivity index (χ3v) is 4.16. The lowest BCUT2D eigenvalue weighted by Gasteiger charge is -2.13. The number of hydrogen-bond acceptors (Lipinski definition) is 3. The molecule has 1 aliphatic heterocycles. The highest BCUT2D eigenvalue weighted by atomic mass is 35.5. The lowest BCUT2D eigenvalue weighted by Crippen LogP contribution is -2.29. The fraction of sp³-hybridized carbons (Fsp3) is 0.167. The summed E-state index contributed by atoms with van der Waals surface area (Å²) >= 11 is 6.08. The van der Waals surface area contributed by atoms with Crippen molar-refractivity contribution in [2.45, 2.75) is 18.9 Å². The normalized spacial score (nSPS) is 13.6. The number of carbonyl (C=O) groups is 2. The Bertz CT molecular complexity index is 858. The van der Waals surface area contributed by atoms with Gasteiger partial charge in [0.2, 0.25) is 11.8 Å². The average molecular weight is 340 g/mol. The SMILES string of the molecule is N#CC(NC(=O)Cc1ccc2c(c1)NC(=O)C2)c1ccccc1Cl. The Hall–Kier alpha value is -2.84. The van der Waals surface area contributed by atoms with Crippen LogP contribution in [-0.2, 0) is 22.4 Å². The first kappa shape index (κ1) is 16.0. The molecule has 0 bridgehead atoms. The summed E-state index contributed by atoms with van der Waals surface area (Å²) in [5.74, 6) is -0.333. The van der Waals surface area contributed by atoms with Gasteiger partial charge in [-0.15, -0.1) is 0 Å². The van der Waals surface area contributed by atoms with E-state index < -0.39 is 6.04 Å². The maximum atomic E-state index is 12.2. The maximum Gasteiger partial charge on any atom is 0.228 e. The number of nitriles is 1. The predicted molar refractivity (Wildman–Crippen MR) is 90.4 cm³/mol. The van der Waals surface area contributed by atoms with Crippen LogP contribution in [0.15, 0.2) is 42.5 Å². The molecule has 0 aromatic heterocycles. The van der Waals surface area contributed by atoms with Crippen molar-refractivity contribution in [3.63, 3.8) is 0 Å². The minimum atomic E-state index is -0.805. The highest BCUT2D eigenvalue weighted by Gasteiger charge is 2.19. The third-order valence-electron chi connectivity index (χ3n) is 3.81. The first-order chi connectivity index (χ1) is 11.6. The fourth-order valence-corrected chi connectivity index (χ4v) is 2.90. The second-order valence-corrected chi connectivity index (χ2v) is 5.95. The summed E-state index contributed by atoms with van der Waals surface area (Å²) in [4.78, 5) is 23.6. The lowest BCUT2D eigenvalue weighted by molar-refractivity contribution is -0.120. The van der Waals surface area contributed by atoms with Crippen molar-refractivity contribution in [2.75, 3.05) is 5.32 Å². The molecule has 1 unspecified atom stereocenters. The number of amides is 2. The molecule has 2 amide bonds. The molecule has 1 aliphatic rings. The van der Waals surface area contributed by atoms with Crippen molar-refractivity contribution < 1.29 is 9.59 Å². The van der Waals surface area contributed by atoms with Gasteiger partial charge in [-0.2, -0.15) is 5.26 Å². The van der Waals surface area contributed by atoms with Crippen LogP contribution in [0.25, 0.3) is 0 Å². The van der Waals surface area contributed by atoms with E-state index in [1.54, 1.807) is 30.3 Å². The molecule has 1 heterocycles. The van der Waals surface area contributed by atoms with Gasteiger partial charge < -0.3 is 10.6 Å². The molecule has 0 fully saturated rings. The van der Waals surface area contributed by atoms with Crippen LogP contribution in [0.3, 0.4) is 0 Å². The van der Waals surface area contributed by atoms with Gasteiger partial charge in [0.05, 0.1) is 18.9 Å². The molecular formula is C18H14ClN3O2. The highest BCUT2D eigenvalue weighted by molar-refractivity contribution is 6.31. The molecule has 2 aromatic rings. The first-order valence-corrected chi connectivity index (χ1v) is 7.79. The van der Waals surface area contributed by atoms with E-state index in [4.69, 9.17) is 11.6 Å². The molecule has 3 rings (SSSR count). The Morgan fingerprint density at radius 3 is 2.88 bits per heavy atom. The number of fused-ring (bicyclic) bond motifs is 1. The van der Waals surface area contributed by atoms with Gasteiger partial charge in [0, 0.05) is 16.3 Å². The van der Waals surface area contributed by atoms with Gasteiger partial charge in [-0.3, -0.25) is 9.59 Å². The standard InChI is InChI=1S/C18H14ClN3O2/c19-14-4-2-1-3-13(14)16(10-20)22-17(23)8-11-5-6-12-9-18(24)21-15(12)7-11/h1-7,16H,8-9H2,(H,21,24)(H,22,23). The van der Waals surface area contributed by atoms with Gasteiger partial charge >= 0.3 is 0 Å². The average Bonchev–Trinajstić information content (AvgIpc) is 2.92. The van der Waals surface area contributed by atoms with Gasteiger partial charge in [0.25, 0.3) is 0 Å². The summed E-state index contributed by atoms with van der Waals surface area (Å²) in [5, 5.41) is 15.2. The topological polar surface area (TPSA) is 82.0 Å². The van der Waals surface area contributed by atoms with E-state index >= 15 is 0 Å². The summed E-state index contributed by atoms with van der Waals surface area (Å²) in [7, 11) is 0. The summed E-state index contributed by atoms with van der Waals surface area (Å²) in [6.07, 6.45) is 0.483. The van der Waals surface area contributed by atoms with Crippen LogP contribution >= 0.6 is 11.6 Å². The number of rotatable bonds is 4. The molecule has 0 aliphatic carbocycles. The van der Waals surface area contributed by atoms with Crippen molar-refractivity contribution in [2.24, 2.45) is 0 Å². The zero-order valence-electron chi connectivity index (χ0n) is 12.7. The molecule has 120 valence electrons. The second kappa shape index (κ2) is 6.73. The molecule has 0 saturated carbocycles. The van der Waals surface area contributed by atoms with E-state index in [0.29, 0.717) is 17.0 Å². The number of nitrogens with one attached hydrogen (secondary N) is 2. The van der Waals surface area contributed by atoms with Crippen LogP contribution in [-0.4, -0.2) is 11.8 Å². The predicted octanol–water partition coefficient (Wildman–Crippen LogP) is 2.76. The zero-order chi connectivity index (χ0) is 17.1. The van der Waals surface area contributed by atoms with Crippen molar-refractivity contribution in [1.29, 1.82) is 5.26 Å². The number of anilines is 1. The minimum Gasteiger partial charge on any atom is -0.336 e. The number of nitrogens with zero attached hydrogens (tertiary/aromatic N) is 1. The van der Waals surface area contributed by atoms with Crippen molar-refractivity contribution >= 4 is 29.1 Å². The fourth-order valence-electron chi connectivity index (χ4n) is 2.66. The molecule has 1 atom stereocenters. The van der Waals surface area contributed by atoms with E-state index in [-0.39, 0.29) is 18.2 Å². The molecule has 0 radical (unpaired) electrons. The maximum absolute atomic E-state index is 12.2. The van der Waals surface area contributed by atoms with Crippen LogP contribution in [0.1, 0.15) is 22.7 Å². The number of halogens is 1. The quantitative estimate of drug-likeness (QED) is 0.898. The van der Waals surface area contributed by atoms with Crippen LogP contribution in [0.2, 0.25) is 5.02 Å². The Morgan fingerprint density at radius 1 is 1.33 bits per heavy atom. The smallest absolute Gasteiger partial charge is 0.228 e. The Morgan fingerprint density at radius 2 is 2.12 bits per heavy atom.